The third-order valence-corrected chi connectivity index (χ3v) is 1.77. The lowest BCUT2D eigenvalue weighted by Crippen LogP contribution is -1.36. The average Bonchev–Trinajstić information content (AvgIpc) is 1.69. The van der Waals surface area contributed by atoms with Crippen LogP contribution in [0.4, 0.5) is 0 Å². The molecule has 0 aromatic rings. The molecule has 0 aliphatic rings. The Balaban J connectivity index is 2.82. The summed E-state index contributed by atoms with van der Waals surface area (Å²) in [6, 6.07) is 0. The molecular weight excluding hydrogens is 126 g/mol. The van der Waals surface area contributed by atoms with Gasteiger partial charge in [0.2, 0.25) is 0 Å². The second-order valence-electron chi connectivity index (χ2n) is 0.769. The molecule has 0 saturated carbocycles. The van der Waals surface area contributed by atoms with Gasteiger partial charge in [0.15, 0.2) is 0 Å². The molecule has 0 aromatic carbocycles. The van der Waals surface area contributed by atoms with Crippen molar-refractivity contribution >= 4 is 28.5 Å². The van der Waals surface area contributed by atoms with E-state index in [4.69, 9.17) is 0 Å². The van der Waals surface area contributed by atoms with E-state index in [2.05, 4.69) is 11.1 Å². The first-order valence-corrected chi connectivity index (χ1v) is 3.98. The van der Waals surface area contributed by atoms with Gasteiger partial charge in [-0.3, -0.25) is 0 Å². The number of rotatable bonds is 3. The lowest BCUT2D eigenvalue weighted by atomic mass is 10.8. The molecular formula is C4H7NS2. The van der Waals surface area contributed by atoms with E-state index in [1.165, 1.54) is 11.0 Å². The van der Waals surface area contributed by atoms with Crippen LogP contribution in [0, 0.1) is 0 Å². The van der Waals surface area contributed by atoms with E-state index in [-0.39, 0.29) is 0 Å². The summed E-state index contributed by atoms with van der Waals surface area (Å²) in [4.78, 5) is 0. The highest BCUT2D eigenvalue weighted by molar-refractivity contribution is 8.77. The molecule has 0 aromatic heterocycles. The Hall–Kier alpha value is 0.110. The van der Waals surface area contributed by atoms with E-state index in [1.54, 1.807) is 10.8 Å². The van der Waals surface area contributed by atoms with Gasteiger partial charge < -0.3 is 0 Å². The predicted molar refractivity (Wildman–Crippen MR) is 39.5 cm³/mol. The Labute approximate surface area is 51.8 Å². The fraction of sp³-hybridized carbons (Fsp3) is 0.250. The Morgan fingerprint density at radius 3 is 2.86 bits per heavy atom. The molecule has 0 N–H and O–H groups in total. The van der Waals surface area contributed by atoms with E-state index in [0.717, 1.165) is 0 Å². The van der Waals surface area contributed by atoms with Crippen molar-refractivity contribution in [2.45, 2.75) is 6.92 Å². The molecule has 0 fully saturated rings. The number of nitrogens with zero attached hydrogens (tertiary/aromatic N) is 1. The SMILES string of the molecule is C=NSSC=CC. The first-order valence-electron chi connectivity index (χ1n) is 1.81. The Bertz CT molecular complexity index is 70.1. The van der Waals surface area contributed by atoms with Crippen molar-refractivity contribution in [3.05, 3.63) is 11.5 Å². The van der Waals surface area contributed by atoms with Crippen LogP contribution in [-0.4, -0.2) is 6.72 Å². The van der Waals surface area contributed by atoms with Crippen molar-refractivity contribution in [3.63, 3.8) is 0 Å². The molecule has 1 nitrogen and oxygen atoms in total. The van der Waals surface area contributed by atoms with Gasteiger partial charge >= 0.3 is 0 Å². The maximum Gasteiger partial charge on any atom is 0.0473 e. The van der Waals surface area contributed by atoms with Gasteiger partial charge in [-0.1, -0.05) is 6.08 Å². The highest BCUT2D eigenvalue weighted by Gasteiger charge is 1.70. The lowest BCUT2D eigenvalue weighted by molar-refractivity contribution is 1.79. The summed E-state index contributed by atoms with van der Waals surface area (Å²) in [5.41, 5.74) is 0. The number of hydrogen-bond acceptors (Lipinski definition) is 3. The van der Waals surface area contributed by atoms with Crippen molar-refractivity contribution in [2.75, 3.05) is 0 Å². The first kappa shape index (κ1) is 7.11. The Morgan fingerprint density at radius 2 is 2.43 bits per heavy atom. The van der Waals surface area contributed by atoms with Crippen LogP contribution in [0.15, 0.2) is 15.9 Å². The number of allylic oxidation sites excluding steroid dienone is 1. The molecule has 0 spiro atoms. The van der Waals surface area contributed by atoms with Crippen molar-refractivity contribution in [2.24, 2.45) is 4.40 Å². The zero-order valence-electron chi connectivity index (χ0n) is 4.13. The second-order valence-corrected chi connectivity index (χ2v) is 2.67. The summed E-state index contributed by atoms with van der Waals surface area (Å²) < 4.78 is 3.55. The van der Waals surface area contributed by atoms with E-state index in [1.807, 2.05) is 18.4 Å². The van der Waals surface area contributed by atoms with E-state index >= 15 is 0 Å². The molecule has 40 valence electrons. The summed E-state index contributed by atoms with van der Waals surface area (Å²) in [7, 11) is 2.94. The van der Waals surface area contributed by atoms with Crippen LogP contribution in [0.25, 0.3) is 0 Å². The highest BCUT2D eigenvalue weighted by Crippen LogP contribution is 2.21. The minimum atomic E-state index is 1.38. The molecule has 0 unspecified atom stereocenters. The summed E-state index contributed by atoms with van der Waals surface area (Å²) >= 11 is 0. The molecule has 0 aliphatic carbocycles. The van der Waals surface area contributed by atoms with Gasteiger partial charge in [-0.15, -0.1) is 0 Å². The van der Waals surface area contributed by atoms with Gasteiger partial charge in [0.05, 0.1) is 0 Å². The van der Waals surface area contributed by atoms with Crippen LogP contribution in [0.3, 0.4) is 0 Å². The maximum atomic E-state index is 3.55. The average molecular weight is 133 g/mol. The van der Waals surface area contributed by atoms with Crippen LogP contribution in [0.1, 0.15) is 6.92 Å². The van der Waals surface area contributed by atoms with Gasteiger partial charge in [0.25, 0.3) is 0 Å². The van der Waals surface area contributed by atoms with E-state index in [0.29, 0.717) is 0 Å². The van der Waals surface area contributed by atoms with Crippen molar-refractivity contribution < 1.29 is 0 Å². The summed E-state index contributed by atoms with van der Waals surface area (Å²) in [6.07, 6.45) is 1.96. The van der Waals surface area contributed by atoms with Crippen LogP contribution in [0.2, 0.25) is 0 Å². The van der Waals surface area contributed by atoms with Gasteiger partial charge in [-0.25, -0.2) is 4.40 Å². The minimum absolute atomic E-state index is 1.38. The summed E-state index contributed by atoms with van der Waals surface area (Å²) in [5, 5.41) is 1.96. The molecule has 0 rings (SSSR count). The number of hydrogen-bond donors (Lipinski definition) is 0. The zero-order valence-corrected chi connectivity index (χ0v) is 5.76. The molecule has 0 heterocycles. The van der Waals surface area contributed by atoms with Crippen molar-refractivity contribution in [1.29, 1.82) is 0 Å². The van der Waals surface area contributed by atoms with Crippen LogP contribution < -0.4 is 0 Å². The molecule has 0 saturated heterocycles. The molecule has 3 heteroatoms. The molecule has 0 amide bonds. The third kappa shape index (κ3) is 6.11. The van der Waals surface area contributed by atoms with E-state index in [9.17, 15) is 0 Å². The fourth-order valence-corrected chi connectivity index (χ4v) is 0.997. The van der Waals surface area contributed by atoms with E-state index < -0.39 is 0 Å². The summed E-state index contributed by atoms with van der Waals surface area (Å²) in [5.74, 6) is 0. The largest absolute Gasteiger partial charge is 0.221 e. The van der Waals surface area contributed by atoms with Crippen molar-refractivity contribution in [3.8, 4) is 0 Å². The van der Waals surface area contributed by atoms with Gasteiger partial charge in [-0.2, -0.15) is 0 Å². The van der Waals surface area contributed by atoms with Gasteiger partial charge in [0.1, 0.15) is 0 Å². The summed E-state index contributed by atoms with van der Waals surface area (Å²) in [6.45, 7) is 5.26. The van der Waals surface area contributed by atoms with Gasteiger partial charge in [-0.05, 0) is 29.8 Å². The lowest BCUT2D eigenvalue weighted by Gasteiger charge is -1.77. The molecule has 0 atom stereocenters. The second kappa shape index (κ2) is 6.11. The maximum absolute atomic E-state index is 3.55. The van der Waals surface area contributed by atoms with Crippen molar-refractivity contribution in [1.82, 2.24) is 0 Å². The quantitative estimate of drug-likeness (QED) is 0.254. The standard InChI is InChI=1S/C4H7NS2/c1-3-4-6-7-5-2/h3-4H,2H2,1H3. The predicted octanol–water partition coefficient (Wildman–Crippen LogP) is 2.52. The van der Waals surface area contributed by atoms with Crippen LogP contribution in [0.5, 0.6) is 0 Å². The fourth-order valence-electron chi connectivity index (χ4n) is 0.111. The molecule has 0 aliphatic heterocycles. The monoisotopic (exact) mass is 133 g/mol. The first-order chi connectivity index (χ1) is 3.41. The van der Waals surface area contributed by atoms with Crippen LogP contribution in [-0.2, 0) is 0 Å². The Morgan fingerprint density at radius 1 is 1.71 bits per heavy atom. The third-order valence-electron chi connectivity index (χ3n) is 0.287. The topological polar surface area (TPSA) is 12.4 Å². The zero-order chi connectivity index (χ0) is 5.54. The smallest absolute Gasteiger partial charge is 0.0473 e. The normalized spacial score (nSPS) is 9.86. The van der Waals surface area contributed by atoms with Crippen LogP contribution >= 0.6 is 21.8 Å². The van der Waals surface area contributed by atoms with Gasteiger partial charge in [0, 0.05) is 11.0 Å². The Kier molecular flexibility index (Phi) is 6.21. The highest BCUT2D eigenvalue weighted by atomic mass is 33.1. The minimum Gasteiger partial charge on any atom is -0.221 e. The molecule has 7 heavy (non-hydrogen) atoms. The molecule has 0 bridgehead atoms. The molecule has 0 radical (unpaired) electrons.